The minimum Gasteiger partial charge on any atom is -0.491 e. The number of benzene rings is 2. The van der Waals surface area contributed by atoms with Gasteiger partial charge in [0.1, 0.15) is 5.75 Å². The Bertz CT molecular complexity index is 962. The van der Waals surface area contributed by atoms with Crippen molar-refractivity contribution in [2.75, 3.05) is 6.61 Å². The van der Waals surface area contributed by atoms with Crippen molar-refractivity contribution >= 4 is 40.9 Å². The summed E-state index contributed by atoms with van der Waals surface area (Å²) in [6.45, 7) is 3.76. The Balaban J connectivity index is 2.27. The predicted molar refractivity (Wildman–Crippen MR) is 131 cm³/mol. The number of aliphatic hydroxyl groups excluding tert-OH is 1. The van der Waals surface area contributed by atoms with E-state index in [4.69, 9.17) is 38.8 Å². The van der Waals surface area contributed by atoms with Crippen LogP contribution in [0.2, 0.25) is 10.0 Å². The lowest BCUT2D eigenvalue weighted by molar-refractivity contribution is -0.112. The van der Waals surface area contributed by atoms with Crippen molar-refractivity contribution in [3.05, 3.63) is 63.6 Å². The van der Waals surface area contributed by atoms with E-state index in [1.807, 2.05) is 44.2 Å². The molecule has 3 N–H and O–H groups in total. The van der Waals surface area contributed by atoms with Crippen LogP contribution in [0.5, 0.6) is 5.75 Å². The minimum atomic E-state index is -0.699. The van der Waals surface area contributed by atoms with Crippen molar-refractivity contribution in [1.29, 1.82) is 10.8 Å². The molecule has 5 nitrogen and oxygen atoms in total. The molecule has 32 heavy (non-hydrogen) atoms. The third-order valence-corrected chi connectivity index (χ3v) is 6.12. The molecule has 2 aromatic carbocycles. The highest BCUT2D eigenvalue weighted by Crippen LogP contribution is 2.39. The lowest BCUT2D eigenvalue weighted by Crippen LogP contribution is -2.33. The van der Waals surface area contributed by atoms with Gasteiger partial charge in [0, 0.05) is 24.9 Å². The lowest BCUT2D eigenvalue weighted by Gasteiger charge is -2.34. The summed E-state index contributed by atoms with van der Waals surface area (Å²) in [5, 5.41) is 26.6. The first-order valence-electron chi connectivity index (χ1n) is 10.6. The second-order valence-electron chi connectivity index (χ2n) is 8.19. The summed E-state index contributed by atoms with van der Waals surface area (Å²) in [5.74, 6) is 0.400. The average molecular weight is 477 g/mol. The molecule has 0 saturated heterocycles. The number of aliphatic hydroxyl groups is 1. The second-order valence-corrected chi connectivity index (χ2v) is 9.01. The highest BCUT2D eigenvalue weighted by molar-refractivity contribution is 6.42. The molecule has 0 heterocycles. The number of hydrogen-bond donors (Lipinski definition) is 3. The van der Waals surface area contributed by atoms with Gasteiger partial charge in [-0.15, -0.1) is 0 Å². The molecule has 0 aliphatic heterocycles. The van der Waals surface area contributed by atoms with Crippen LogP contribution in [0.25, 0.3) is 0 Å². The van der Waals surface area contributed by atoms with Gasteiger partial charge in [-0.2, -0.15) is 0 Å². The topological polar surface area (TPSA) is 94.2 Å². The van der Waals surface area contributed by atoms with Gasteiger partial charge in [-0.05, 0) is 74.7 Å². The van der Waals surface area contributed by atoms with E-state index >= 15 is 0 Å². The van der Waals surface area contributed by atoms with Gasteiger partial charge in [0.2, 0.25) is 0 Å². The number of carbonyl (C=O) groups excluding carboxylic acids is 1. The molecule has 0 radical (unpaired) electrons. The molecule has 1 atom stereocenters. The van der Waals surface area contributed by atoms with Gasteiger partial charge in [0.05, 0.1) is 21.9 Å². The molecule has 0 bridgehead atoms. The van der Waals surface area contributed by atoms with E-state index in [1.165, 1.54) is 6.21 Å². The number of Topliss-reactive ketones (excluding diaryl/α,β-unsaturated/α-hetero) is 1. The van der Waals surface area contributed by atoms with Crippen molar-refractivity contribution in [3.63, 3.8) is 0 Å². The largest absolute Gasteiger partial charge is 0.491 e. The number of nitrogens with one attached hydrogen (secondary N) is 2. The summed E-state index contributed by atoms with van der Waals surface area (Å²) >= 11 is 12.3. The molecule has 0 aliphatic carbocycles. The van der Waals surface area contributed by atoms with Crippen molar-refractivity contribution in [2.24, 2.45) is 0 Å². The molecule has 0 saturated carbocycles. The Kier molecular flexibility index (Phi) is 9.88. The first kappa shape index (κ1) is 26.0. The Labute approximate surface area is 199 Å². The second kappa shape index (κ2) is 12.1. The maximum Gasteiger partial charge on any atom is 0.180 e. The van der Waals surface area contributed by atoms with Gasteiger partial charge in [-0.25, -0.2) is 0 Å². The van der Waals surface area contributed by atoms with Crippen molar-refractivity contribution in [3.8, 4) is 5.75 Å². The third-order valence-electron chi connectivity index (χ3n) is 5.38. The Morgan fingerprint density at radius 3 is 2.53 bits per heavy atom. The van der Waals surface area contributed by atoms with Gasteiger partial charge in [0.25, 0.3) is 0 Å². The number of hydrogen-bond acceptors (Lipinski definition) is 5. The number of carbonyl (C=O) groups is 1. The molecule has 2 rings (SSSR count). The molecular formula is C25H30Cl2N2O3. The first-order chi connectivity index (χ1) is 15.2. The van der Waals surface area contributed by atoms with Gasteiger partial charge >= 0.3 is 0 Å². The van der Waals surface area contributed by atoms with E-state index in [2.05, 4.69) is 0 Å². The monoisotopic (exact) mass is 476 g/mol. The van der Waals surface area contributed by atoms with E-state index in [-0.39, 0.29) is 37.0 Å². The van der Waals surface area contributed by atoms with Crippen molar-refractivity contribution < 1.29 is 14.6 Å². The molecule has 0 aromatic heterocycles. The molecule has 0 spiro atoms. The van der Waals surface area contributed by atoms with Crippen molar-refractivity contribution in [1.82, 2.24) is 0 Å². The van der Waals surface area contributed by atoms with Crippen LogP contribution in [0.3, 0.4) is 0 Å². The van der Waals surface area contributed by atoms with E-state index in [0.29, 0.717) is 35.1 Å². The van der Waals surface area contributed by atoms with Crippen LogP contribution in [0.1, 0.15) is 50.7 Å². The molecule has 172 valence electrons. The van der Waals surface area contributed by atoms with Crippen LogP contribution < -0.4 is 4.74 Å². The minimum absolute atomic E-state index is 0.0234. The number of halogens is 2. The maximum absolute atomic E-state index is 12.9. The highest BCUT2D eigenvalue weighted by atomic mass is 35.5. The molecule has 7 heteroatoms. The maximum atomic E-state index is 12.9. The molecular weight excluding hydrogens is 447 g/mol. The molecule has 1 unspecified atom stereocenters. The smallest absolute Gasteiger partial charge is 0.180 e. The summed E-state index contributed by atoms with van der Waals surface area (Å²) in [7, 11) is 0. The molecule has 0 amide bonds. The quantitative estimate of drug-likeness (QED) is 0.307. The zero-order valence-corrected chi connectivity index (χ0v) is 20.0. The predicted octanol–water partition coefficient (Wildman–Crippen LogP) is 6.05. The van der Waals surface area contributed by atoms with Crippen LogP contribution in [-0.4, -0.2) is 35.5 Å². The van der Waals surface area contributed by atoms with Gasteiger partial charge in [-0.1, -0.05) is 41.4 Å². The fraction of sp³-hybridized carbons (Fsp3) is 0.400. The van der Waals surface area contributed by atoms with E-state index in [0.717, 1.165) is 11.1 Å². The number of ether oxygens (including phenoxy) is 1. The Morgan fingerprint density at radius 1 is 1.16 bits per heavy atom. The van der Waals surface area contributed by atoms with Gasteiger partial charge < -0.3 is 20.7 Å². The van der Waals surface area contributed by atoms with E-state index < -0.39 is 5.41 Å². The van der Waals surface area contributed by atoms with E-state index in [1.54, 1.807) is 12.1 Å². The number of rotatable bonds is 13. The van der Waals surface area contributed by atoms with Crippen molar-refractivity contribution in [2.45, 2.75) is 57.5 Å². The lowest BCUT2D eigenvalue weighted by atomic mass is 9.70. The molecule has 2 aromatic rings. The SMILES string of the molecule is CC(C)Oc1cccc(CC(=O)C(=N)CC(CCO)(CCC=N)c2ccc(Cl)c(Cl)c2)c1. The zero-order valence-electron chi connectivity index (χ0n) is 18.5. The summed E-state index contributed by atoms with van der Waals surface area (Å²) < 4.78 is 5.70. The van der Waals surface area contributed by atoms with Crippen LogP contribution in [0, 0.1) is 10.8 Å². The first-order valence-corrected chi connectivity index (χ1v) is 11.4. The highest BCUT2D eigenvalue weighted by Gasteiger charge is 2.34. The number of ketones is 1. The fourth-order valence-electron chi connectivity index (χ4n) is 3.81. The van der Waals surface area contributed by atoms with Crippen LogP contribution >= 0.6 is 23.2 Å². The average Bonchev–Trinajstić information content (AvgIpc) is 2.73. The van der Waals surface area contributed by atoms with Crippen LogP contribution in [-0.2, 0) is 16.6 Å². The summed E-state index contributed by atoms with van der Waals surface area (Å²) in [4.78, 5) is 12.9. The standard InChI is InChI=1S/C25H30Cl2N2O3/c1-17(2)32-20-6-3-5-18(13-20)14-24(31)23(29)16-25(10-12-30,9-4-11-28)19-7-8-21(26)22(27)15-19/h3,5-8,11,13,15,17,28-30H,4,9-10,12,14,16H2,1-2H3. The third kappa shape index (κ3) is 7.16. The Morgan fingerprint density at radius 2 is 1.91 bits per heavy atom. The van der Waals surface area contributed by atoms with Crippen LogP contribution in [0.15, 0.2) is 42.5 Å². The zero-order chi connectivity index (χ0) is 23.7. The molecule has 0 aliphatic rings. The van der Waals surface area contributed by atoms with E-state index in [9.17, 15) is 9.90 Å². The molecule has 0 fully saturated rings. The van der Waals surface area contributed by atoms with Gasteiger partial charge in [0.15, 0.2) is 5.78 Å². The summed E-state index contributed by atoms with van der Waals surface area (Å²) in [5.41, 5.74) is 0.854. The van der Waals surface area contributed by atoms with Crippen LogP contribution in [0.4, 0.5) is 0 Å². The normalized spacial score (nSPS) is 12.9. The van der Waals surface area contributed by atoms with Gasteiger partial charge in [-0.3, -0.25) is 4.79 Å². The fourth-order valence-corrected chi connectivity index (χ4v) is 4.11. The summed E-state index contributed by atoms with van der Waals surface area (Å²) in [6, 6.07) is 12.6. The Hall–Kier alpha value is -2.21. The summed E-state index contributed by atoms with van der Waals surface area (Å²) in [6.07, 6.45) is 2.86.